The quantitative estimate of drug-likeness (QED) is 0.845. The highest BCUT2D eigenvalue weighted by atomic mass is 16.5. The Bertz CT molecular complexity index is 361. The fourth-order valence-electron chi connectivity index (χ4n) is 2.47. The van der Waals surface area contributed by atoms with E-state index < -0.39 is 6.10 Å². The first-order chi connectivity index (χ1) is 9.29. The molecule has 19 heavy (non-hydrogen) atoms. The zero-order chi connectivity index (χ0) is 13.5. The smallest absolute Gasteiger partial charge is 0.128 e. The highest BCUT2D eigenvalue weighted by Gasteiger charge is 2.17. The lowest BCUT2D eigenvalue weighted by molar-refractivity contribution is 0.0392. The molecule has 5 heteroatoms. The molecule has 0 radical (unpaired) electrons. The molecule has 1 saturated heterocycles. The highest BCUT2D eigenvalue weighted by Crippen LogP contribution is 2.12. The van der Waals surface area contributed by atoms with Gasteiger partial charge in [0.1, 0.15) is 5.82 Å². The van der Waals surface area contributed by atoms with Crippen molar-refractivity contribution >= 4 is 5.82 Å². The van der Waals surface area contributed by atoms with Gasteiger partial charge in [0.05, 0.1) is 12.7 Å². The van der Waals surface area contributed by atoms with E-state index in [1.807, 2.05) is 18.3 Å². The molecule has 0 aliphatic carbocycles. The van der Waals surface area contributed by atoms with Gasteiger partial charge in [0.25, 0.3) is 0 Å². The summed E-state index contributed by atoms with van der Waals surface area (Å²) in [6, 6.07) is 6.01. The van der Waals surface area contributed by atoms with Crippen molar-refractivity contribution in [3.8, 4) is 0 Å². The predicted octanol–water partition coefficient (Wildman–Crippen LogP) is 0.601. The summed E-state index contributed by atoms with van der Waals surface area (Å²) in [5.74, 6) is 1.04. The normalized spacial score (nSPS) is 19.2. The Morgan fingerprint density at radius 2 is 2.21 bits per heavy atom. The maximum Gasteiger partial charge on any atom is 0.128 e. The second kappa shape index (κ2) is 7.43. The van der Waals surface area contributed by atoms with Crippen molar-refractivity contribution in [2.75, 3.05) is 51.3 Å². The van der Waals surface area contributed by atoms with Gasteiger partial charge in [-0.2, -0.15) is 0 Å². The average Bonchev–Trinajstić information content (AvgIpc) is 2.66. The summed E-state index contributed by atoms with van der Waals surface area (Å²) in [4.78, 5) is 9.00. The van der Waals surface area contributed by atoms with Crippen LogP contribution in [0.2, 0.25) is 0 Å². The molecule has 1 fully saturated rings. The lowest BCUT2D eigenvalue weighted by Gasteiger charge is -2.24. The van der Waals surface area contributed by atoms with Crippen LogP contribution in [0.5, 0.6) is 0 Å². The first-order valence-corrected chi connectivity index (χ1v) is 6.85. The molecule has 0 aromatic carbocycles. The third-order valence-corrected chi connectivity index (χ3v) is 3.39. The number of rotatable bonds is 5. The summed E-state index contributed by atoms with van der Waals surface area (Å²) >= 11 is 0. The Labute approximate surface area is 114 Å². The maximum atomic E-state index is 9.78. The molecule has 0 bridgehead atoms. The van der Waals surface area contributed by atoms with Gasteiger partial charge in [-0.25, -0.2) is 4.98 Å². The van der Waals surface area contributed by atoms with E-state index in [1.54, 1.807) is 7.11 Å². The molecule has 1 aliphatic heterocycles. The molecule has 0 spiro atoms. The van der Waals surface area contributed by atoms with Crippen LogP contribution in [0, 0.1) is 0 Å². The maximum absolute atomic E-state index is 9.78. The van der Waals surface area contributed by atoms with Crippen LogP contribution >= 0.6 is 0 Å². The van der Waals surface area contributed by atoms with Crippen LogP contribution in [0.4, 0.5) is 5.82 Å². The zero-order valence-corrected chi connectivity index (χ0v) is 11.5. The molecule has 1 aromatic heterocycles. The number of pyridine rings is 1. The minimum absolute atomic E-state index is 0.397. The third kappa shape index (κ3) is 4.45. The van der Waals surface area contributed by atoms with E-state index in [0.29, 0.717) is 13.2 Å². The van der Waals surface area contributed by atoms with Gasteiger partial charge < -0.3 is 14.7 Å². The van der Waals surface area contributed by atoms with Crippen molar-refractivity contribution in [2.45, 2.75) is 12.5 Å². The van der Waals surface area contributed by atoms with Gasteiger partial charge in [-0.3, -0.25) is 4.90 Å². The number of nitrogens with zero attached hydrogens (tertiary/aromatic N) is 3. The molecule has 1 aromatic rings. The molecule has 2 rings (SSSR count). The fourth-order valence-corrected chi connectivity index (χ4v) is 2.47. The van der Waals surface area contributed by atoms with Crippen LogP contribution in [0.1, 0.15) is 6.42 Å². The number of hydrogen-bond donors (Lipinski definition) is 1. The molecule has 2 heterocycles. The first kappa shape index (κ1) is 14.2. The highest BCUT2D eigenvalue weighted by molar-refractivity contribution is 5.37. The Hall–Kier alpha value is -1.17. The van der Waals surface area contributed by atoms with E-state index in [2.05, 4.69) is 20.9 Å². The van der Waals surface area contributed by atoms with Crippen molar-refractivity contribution in [3.63, 3.8) is 0 Å². The molecule has 1 unspecified atom stereocenters. The van der Waals surface area contributed by atoms with Crippen LogP contribution in [-0.2, 0) is 4.74 Å². The second-order valence-corrected chi connectivity index (χ2v) is 4.94. The van der Waals surface area contributed by atoms with E-state index in [1.165, 1.54) is 0 Å². The SMILES string of the molecule is COCC(O)CN1CCCN(c2ccccn2)CC1. The third-order valence-electron chi connectivity index (χ3n) is 3.39. The van der Waals surface area contributed by atoms with E-state index in [-0.39, 0.29) is 0 Å². The summed E-state index contributed by atoms with van der Waals surface area (Å²) in [6.45, 7) is 5.04. The summed E-state index contributed by atoms with van der Waals surface area (Å²) in [5, 5.41) is 9.78. The number of aliphatic hydroxyl groups excluding tert-OH is 1. The number of ether oxygens (including phenoxy) is 1. The Kier molecular flexibility index (Phi) is 5.57. The molecular weight excluding hydrogens is 242 g/mol. The Morgan fingerprint density at radius 3 is 2.95 bits per heavy atom. The molecule has 1 aliphatic rings. The number of aromatic nitrogens is 1. The molecule has 0 saturated carbocycles. The average molecular weight is 265 g/mol. The van der Waals surface area contributed by atoms with E-state index in [0.717, 1.165) is 38.4 Å². The van der Waals surface area contributed by atoms with Gasteiger partial charge in [0.2, 0.25) is 0 Å². The number of hydrogen-bond acceptors (Lipinski definition) is 5. The van der Waals surface area contributed by atoms with Crippen molar-refractivity contribution in [3.05, 3.63) is 24.4 Å². The molecule has 0 amide bonds. The van der Waals surface area contributed by atoms with Crippen molar-refractivity contribution < 1.29 is 9.84 Å². The number of aliphatic hydroxyl groups is 1. The second-order valence-electron chi connectivity index (χ2n) is 4.94. The topological polar surface area (TPSA) is 48.8 Å². The minimum atomic E-state index is -0.397. The van der Waals surface area contributed by atoms with Gasteiger partial charge in [-0.05, 0) is 25.1 Å². The number of methoxy groups -OCH3 is 1. The standard InChI is InChI=1S/C14H23N3O2/c1-19-12-13(18)11-16-7-4-8-17(10-9-16)14-5-2-3-6-15-14/h2-3,5-6,13,18H,4,7-12H2,1H3. The van der Waals surface area contributed by atoms with Crippen molar-refractivity contribution in [2.24, 2.45) is 0 Å². The molecule has 106 valence electrons. The van der Waals surface area contributed by atoms with E-state index in [9.17, 15) is 5.11 Å². The minimum Gasteiger partial charge on any atom is -0.389 e. The molecule has 1 N–H and O–H groups in total. The van der Waals surface area contributed by atoms with Gasteiger partial charge in [0.15, 0.2) is 0 Å². The molecular formula is C14H23N3O2. The number of anilines is 1. The van der Waals surface area contributed by atoms with Crippen molar-refractivity contribution in [1.29, 1.82) is 0 Å². The lowest BCUT2D eigenvalue weighted by atomic mass is 10.3. The van der Waals surface area contributed by atoms with Crippen LogP contribution in [0.25, 0.3) is 0 Å². The largest absolute Gasteiger partial charge is 0.389 e. The van der Waals surface area contributed by atoms with Crippen LogP contribution in [0.15, 0.2) is 24.4 Å². The summed E-state index contributed by atoms with van der Waals surface area (Å²) in [7, 11) is 1.62. The van der Waals surface area contributed by atoms with Crippen molar-refractivity contribution in [1.82, 2.24) is 9.88 Å². The van der Waals surface area contributed by atoms with Gasteiger partial charge >= 0.3 is 0 Å². The molecule has 5 nitrogen and oxygen atoms in total. The van der Waals surface area contributed by atoms with E-state index in [4.69, 9.17) is 4.74 Å². The summed E-state index contributed by atoms with van der Waals surface area (Å²) in [6.07, 6.45) is 2.53. The first-order valence-electron chi connectivity index (χ1n) is 6.85. The summed E-state index contributed by atoms with van der Waals surface area (Å²) in [5.41, 5.74) is 0. The Balaban J connectivity index is 1.84. The fraction of sp³-hybridized carbons (Fsp3) is 0.643. The Morgan fingerprint density at radius 1 is 1.32 bits per heavy atom. The van der Waals surface area contributed by atoms with Crippen LogP contribution in [-0.4, -0.2) is 67.5 Å². The zero-order valence-electron chi connectivity index (χ0n) is 11.5. The lowest BCUT2D eigenvalue weighted by Crippen LogP contribution is -2.37. The number of β-amino-alcohol motifs (C(OH)–C–C–N with tert-alkyl or cyclic N) is 1. The van der Waals surface area contributed by atoms with E-state index >= 15 is 0 Å². The predicted molar refractivity (Wildman–Crippen MR) is 75.4 cm³/mol. The van der Waals surface area contributed by atoms with Crippen LogP contribution < -0.4 is 4.90 Å². The molecule has 1 atom stereocenters. The van der Waals surface area contributed by atoms with Gasteiger partial charge in [-0.1, -0.05) is 6.07 Å². The van der Waals surface area contributed by atoms with Crippen LogP contribution in [0.3, 0.4) is 0 Å². The summed E-state index contributed by atoms with van der Waals surface area (Å²) < 4.78 is 4.97. The van der Waals surface area contributed by atoms with Gasteiger partial charge in [-0.15, -0.1) is 0 Å². The van der Waals surface area contributed by atoms with Gasteiger partial charge in [0, 0.05) is 39.5 Å². The monoisotopic (exact) mass is 265 g/mol.